The van der Waals surface area contributed by atoms with Crippen molar-refractivity contribution in [1.29, 1.82) is 0 Å². The highest BCUT2D eigenvalue weighted by Crippen LogP contribution is 2.44. The molecule has 2 nitrogen and oxygen atoms in total. The maximum absolute atomic E-state index is 12.8. The fraction of sp³-hybridized carbons (Fsp3) is 0.923. The zero-order valence-corrected chi connectivity index (χ0v) is 19.5. The maximum Gasteiger partial charge on any atom is 0.247 e. The molecule has 3 rings (SSSR count). The third-order valence-electron chi connectivity index (χ3n) is 8.43. The van der Waals surface area contributed by atoms with Crippen molar-refractivity contribution in [3.63, 3.8) is 0 Å². The standard InChI is InChI=1S/C26H44F2O2/c1-4-5-18(2)22-12-14-24(15-13-22)23-10-8-20(9-11-23)6-7-21-16-29-26(30-17-21)19(3)25(27)28/h16,18-20,22-26H,4-15,17H2,1-3H3. The molecule has 2 saturated carbocycles. The molecule has 0 saturated heterocycles. The van der Waals surface area contributed by atoms with Gasteiger partial charge in [0.15, 0.2) is 0 Å². The van der Waals surface area contributed by atoms with Crippen LogP contribution in [0, 0.1) is 35.5 Å². The molecule has 0 aromatic carbocycles. The largest absolute Gasteiger partial charge is 0.472 e. The molecule has 0 spiro atoms. The molecule has 0 aromatic rings. The van der Waals surface area contributed by atoms with Crippen LogP contribution in [-0.4, -0.2) is 19.3 Å². The average molecular weight is 427 g/mol. The van der Waals surface area contributed by atoms with Gasteiger partial charge in [0.1, 0.15) is 0 Å². The van der Waals surface area contributed by atoms with E-state index in [2.05, 4.69) is 13.8 Å². The summed E-state index contributed by atoms with van der Waals surface area (Å²) in [5.41, 5.74) is 1.12. The minimum atomic E-state index is -2.41. The molecule has 0 N–H and O–H groups in total. The molecule has 2 fully saturated rings. The summed E-state index contributed by atoms with van der Waals surface area (Å²) in [6.07, 6.45) is 14.8. The van der Waals surface area contributed by atoms with Crippen LogP contribution in [0.1, 0.15) is 97.8 Å². The Balaban J connectivity index is 1.32. The van der Waals surface area contributed by atoms with Gasteiger partial charge >= 0.3 is 0 Å². The van der Waals surface area contributed by atoms with Gasteiger partial charge in [0.2, 0.25) is 12.7 Å². The van der Waals surface area contributed by atoms with Gasteiger partial charge in [0.05, 0.1) is 18.8 Å². The molecule has 2 aliphatic carbocycles. The van der Waals surface area contributed by atoms with Gasteiger partial charge in [-0.2, -0.15) is 0 Å². The highest BCUT2D eigenvalue weighted by atomic mass is 19.3. The molecule has 30 heavy (non-hydrogen) atoms. The highest BCUT2D eigenvalue weighted by Gasteiger charge is 2.33. The minimum absolute atomic E-state index is 0.441. The number of alkyl halides is 2. The number of hydrogen-bond donors (Lipinski definition) is 0. The summed E-state index contributed by atoms with van der Waals surface area (Å²) < 4.78 is 36.5. The molecule has 3 unspecified atom stereocenters. The maximum atomic E-state index is 12.8. The lowest BCUT2D eigenvalue weighted by Gasteiger charge is -2.39. The molecule has 4 heteroatoms. The monoisotopic (exact) mass is 426 g/mol. The summed E-state index contributed by atoms with van der Waals surface area (Å²) in [6.45, 7) is 6.70. The Morgan fingerprint density at radius 3 is 2.13 bits per heavy atom. The first-order valence-corrected chi connectivity index (χ1v) is 12.7. The molecule has 0 amide bonds. The van der Waals surface area contributed by atoms with E-state index in [9.17, 15) is 8.78 Å². The van der Waals surface area contributed by atoms with Crippen LogP contribution in [0.25, 0.3) is 0 Å². The molecular weight excluding hydrogens is 382 g/mol. The lowest BCUT2D eigenvalue weighted by atomic mass is 9.67. The molecule has 1 heterocycles. The van der Waals surface area contributed by atoms with Crippen molar-refractivity contribution >= 4 is 0 Å². The Bertz CT molecular complexity index is 519. The van der Waals surface area contributed by atoms with Crippen LogP contribution < -0.4 is 0 Å². The second kappa shape index (κ2) is 11.8. The topological polar surface area (TPSA) is 18.5 Å². The van der Waals surface area contributed by atoms with Gasteiger partial charge < -0.3 is 9.47 Å². The molecule has 0 aromatic heterocycles. The van der Waals surface area contributed by atoms with Crippen LogP contribution in [0.3, 0.4) is 0 Å². The summed E-state index contributed by atoms with van der Waals surface area (Å²) in [4.78, 5) is 0. The summed E-state index contributed by atoms with van der Waals surface area (Å²) in [6, 6.07) is 0. The normalized spacial score (nSPS) is 34.9. The number of hydrogen-bond acceptors (Lipinski definition) is 2. The lowest BCUT2D eigenvalue weighted by molar-refractivity contribution is -0.171. The summed E-state index contributed by atoms with van der Waals surface area (Å²) >= 11 is 0. The van der Waals surface area contributed by atoms with Crippen LogP contribution in [-0.2, 0) is 9.47 Å². The molecule has 174 valence electrons. The molecule has 1 aliphatic heterocycles. The fourth-order valence-corrected chi connectivity index (χ4v) is 6.17. The van der Waals surface area contributed by atoms with Crippen LogP contribution >= 0.6 is 0 Å². The lowest BCUT2D eigenvalue weighted by Crippen LogP contribution is -2.32. The van der Waals surface area contributed by atoms with E-state index in [0.717, 1.165) is 41.6 Å². The Labute approximate surface area is 183 Å². The van der Waals surface area contributed by atoms with Gasteiger partial charge in [-0.1, -0.05) is 46.5 Å². The Morgan fingerprint density at radius 2 is 1.60 bits per heavy atom. The van der Waals surface area contributed by atoms with Crippen molar-refractivity contribution in [3.05, 3.63) is 11.8 Å². The Kier molecular flexibility index (Phi) is 9.47. The van der Waals surface area contributed by atoms with E-state index in [1.807, 2.05) is 0 Å². The van der Waals surface area contributed by atoms with Crippen molar-refractivity contribution in [1.82, 2.24) is 0 Å². The highest BCUT2D eigenvalue weighted by molar-refractivity contribution is 5.01. The average Bonchev–Trinajstić information content (AvgIpc) is 2.78. The quantitative estimate of drug-likeness (QED) is 0.372. The van der Waals surface area contributed by atoms with Crippen molar-refractivity contribution in [3.8, 4) is 0 Å². The smallest absolute Gasteiger partial charge is 0.247 e. The molecule has 3 atom stereocenters. The van der Waals surface area contributed by atoms with Gasteiger partial charge in [-0.15, -0.1) is 0 Å². The van der Waals surface area contributed by atoms with E-state index < -0.39 is 18.6 Å². The van der Waals surface area contributed by atoms with Crippen molar-refractivity contribution in [2.75, 3.05) is 6.61 Å². The first-order chi connectivity index (χ1) is 14.5. The van der Waals surface area contributed by atoms with E-state index in [4.69, 9.17) is 9.47 Å². The summed E-state index contributed by atoms with van der Waals surface area (Å²) in [5.74, 6) is 3.76. The first-order valence-electron chi connectivity index (χ1n) is 12.7. The van der Waals surface area contributed by atoms with Crippen molar-refractivity contribution in [2.45, 2.75) is 111 Å². The molecular formula is C26H44F2O2. The van der Waals surface area contributed by atoms with Crippen molar-refractivity contribution < 1.29 is 18.3 Å². The van der Waals surface area contributed by atoms with E-state index in [1.54, 1.807) is 6.26 Å². The summed E-state index contributed by atoms with van der Waals surface area (Å²) in [5, 5.41) is 0. The van der Waals surface area contributed by atoms with Gasteiger partial charge in [0, 0.05) is 0 Å². The third kappa shape index (κ3) is 6.68. The zero-order valence-electron chi connectivity index (χ0n) is 19.5. The number of ether oxygens (including phenoxy) is 2. The fourth-order valence-electron chi connectivity index (χ4n) is 6.17. The Hall–Kier alpha value is -0.640. The molecule has 3 aliphatic rings. The van der Waals surface area contributed by atoms with Gasteiger partial charge in [0.25, 0.3) is 0 Å². The second-order valence-corrected chi connectivity index (χ2v) is 10.5. The van der Waals surface area contributed by atoms with E-state index in [0.29, 0.717) is 6.61 Å². The van der Waals surface area contributed by atoms with Gasteiger partial charge in [-0.05, 0) is 86.5 Å². The van der Waals surface area contributed by atoms with Gasteiger partial charge in [-0.3, -0.25) is 0 Å². The van der Waals surface area contributed by atoms with Crippen molar-refractivity contribution in [2.24, 2.45) is 35.5 Å². The predicted molar refractivity (Wildman–Crippen MR) is 118 cm³/mol. The Morgan fingerprint density at radius 1 is 0.967 bits per heavy atom. The van der Waals surface area contributed by atoms with Crippen LogP contribution in [0.4, 0.5) is 8.78 Å². The first kappa shape index (κ1) is 24.0. The van der Waals surface area contributed by atoms with Crippen LogP contribution in [0.15, 0.2) is 11.8 Å². The van der Waals surface area contributed by atoms with Crippen LogP contribution in [0.2, 0.25) is 0 Å². The number of rotatable bonds is 9. The van der Waals surface area contributed by atoms with Crippen LogP contribution in [0.5, 0.6) is 0 Å². The molecule has 0 radical (unpaired) electrons. The third-order valence-corrected chi connectivity index (χ3v) is 8.43. The SMILES string of the molecule is CCCC(C)C1CCC(C2CCC(CCC3=COC(C(C)C(F)F)OC3)CC2)CC1. The van der Waals surface area contributed by atoms with Gasteiger partial charge in [-0.25, -0.2) is 8.78 Å². The minimum Gasteiger partial charge on any atom is -0.472 e. The molecule has 0 bridgehead atoms. The number of halogens is 2. The summed E-state index contributed by atoms with van der Waals surface area (Å²) in [7, 11) is 0. The zero-order chi connectivity index (χ0) is 21.5. The van der Waals surface area contributed by atoms with E-state index >= 15 is 0 Å². The second-order valence-electron chi connectivity index (χ2n) is 10.5. The van der Waals surface area contributed by atoms with E-state index in [1.165, 1.54) is 77.6 Å². The predicted octanol–water partition coefficient (Wildman–Crippen LogP) is 7.97. The van der Waals surface area contributed by atoms with E-state index in [-0.39, 0.29) is 0 Å².